The molecule has 0 aliphatic rings. The topological polar surface area (TPSA) is 87.3 Å². The van der Waals surface area contributed by atoms with Crippen LogP contribution in [0.5, 0.6) is 0 Å². The highest BCUT2D eigenvalue weighted by Crippen LogP contribution is 2.26. The lowest BCUT2D eigenvalue weighted by molar-refractivity contribution is -0.115. The number of anilines is 2. The number of hydrogen-bond acceptors (Lipinski definition) is 4. The van der Waals surface area contributed by atoms with Crippen LogP contribution < -0.4 is 16.0 Å². The Morgan fingerprint density at radius 3 is 2.02 bits per heavy atom. The minimum Gasteiger partial charge on any atom is -0.325 e. The molecule has 3 amide bonds. The molecule has 0 radical (unpaired) electrons. The summed E-state index contributed by atoms with van der Waals surface area (Å²) in [4.78, 5) is 39.4. The zero-order chi connectivity index (χ0) is 28.5. The summed E-state index contributed by atoms with van der Waals surface area (Å²) in [5.41, 5.74) is 3.43. The van der Waals surface area contributed by atoms with Gasteiger partial charge in [0, 0.05) is 21.8 Å². The molecule has 0 saturated carbocycles. The fraction of sp³-hybridized carbons (Fsp3) is 0.0938. The van der Waals surface area contributed by atoms with Crippen LogP contribution in [0.1, 0.15) is 28.4 Å². The van der Waals surface area contributed by atoms with Gasteiger partial charge in [0.25, 0.3) is 11.8 Å². The van der Waals surface area contributed by atoms with E-state index >= 15 is 0 Å². The molecule has 0 aromatic heterocycles. The van der Waals surface area contributed by atoms with Gasteiger partial charge < -0.3 is 16.0 Å². The second-order valence-corrected chi connectivity index (χ2v) is 10.4. The molecule has 1 unspecified atom stereocenters. The van der Waals surface area contributed by atoms with E-state index in [1.807, 2.05) is 37.3 Å². The van der Waals surface area contributed by atoms with E-state index < -0.39 is 17.1 Å². The van der Waals surface area contributed by atoms with Crippen molar-refractivity contribution in [2.75, 3.05) is 10.6 Å². The highest BCUT2D eigenvalue weighted by molar-refractivity contribution is 8.00. The fourth-order valence-corrected chi connectivity index (χ4v) is 4.49. The molecule has 3 N–H and O–H groups in total. The lowest BCUT2D eigenvalue weighted by Gasteiger charge is -2.13. The van der Waals surface area contributed by atoms with Gasteiger partial charge in [-0.05, 0) is 86.2 Å². The summed E-state index contributed by atoms with van der Waals surface area (Å²) in [6.45, 7) is 3.75. The number of benzene rings is 4. The number of amides is 3. The van der Waals surface area contributed by atoms with E-state index in [2.05, 4.69) is 16.0 Å². The maximum Gasteiger partial charge on any atom is 0.272 e. The summed E-state index contributed by atoms with van der Waals surface area (Å²) < 4.78 is 13.1. The number of aryl methyl sites for hydroxylation is 1. The van der Waals surface area contributed by atoms with Crippen LogP contribution in [0.15, 0.2) is 114 Å². The van der Waals surface area contributed by atoms with Crippen molar-refractivity contribution in [3.05, 3.63) is 131 Å². The predicted molar refractivity (Wildman–Crippen MR) is 158 cm³/mol. The van der Waals surface area contributed by atoms with E-state index in [0.29, 0.717) is 16.9 Å². The first-order valence-corrected chi connectivity index (χ1v) is 13.4. The van der Waals surface area contributed by atoms with Gasteiger partial charge in [0.1, 0.15) is 11.5 Å². The summed E-state index contributed by atoms with van der Waals surface area (Å²) in [6, 6.07) is 28.9. The molecule has 0 saturated heterocycles. The third-order valence-electron chi connectivity index (χ3n) is 5.82. The van der Waals surface area contributed by atoms with Crippen LogP contribution in [0.3, 0.4) is 0 Å². The molecule has 202 valence electrons. The molecule has 0 fully saturated rings. The highest BCUT2D eigenvalue weighted by Gasteiger charge is 2.17. The molecular weight excluding hydrogens is 525 g/mol. The maximum absolute atomic E-state index is 13.2. The number of thioether (sulfide) groups is 1. The molecule has 40 heavy (non-hydrogen) atoms. The Balaban J connectivity index is 1.42. The molecule has 0 heterocycles. The van der Waals surface area contributed by atoms with Gasteiger partial charge >= 0.3 is 0 Å². The van der Waals surface area contributed by atoms with E-state index in [1.165, 1.54) is 36.0 Å². The summed E-state index contributed by atoms with van der Waals surface area (Å²) >= 11 is 1.35. The van der Waals surface area contributed by atoms with Crippen LogP contribution in [-0.2, 0) is 9.59 Å². The molecule has 6 nitrogen and oxygen atoms in total. The molecule has 0 aliphatic heterocycles. The summed E-state index contributed by atoms with van der Waals surface area (Å²) in [6.07, 6.45) is 1.63. The van der Waals surface area contributed by atoms with Crippen molar-refractivity contribution >= 4 is 46.9 Å². The van der Waals surface area contributed by atoms with Gasteiger partial charge in [0.2, 0.25) is 5.91 Å². The molecule has 0 spiro atoms. The van der Waals surface area contributed by atoms with Crippen LogP contribution in [0.25, 0.3) is 6.08 Å². The van der Waals surface area contributed by atoms with Gasteiger partial charge in [-0.15, -0.1) is 11.8 Å². The number of hydrogen-bond donors (Lipinski definition) is 3. The van der Waals surface area contributed by atoms with E-state index in [-0.39, 0.29) is 17.4 Å². The Kier molecular flexibility index (Phi) is 9.48. The summed E-state index contributed by atoms with van der Waals surface area (Å²) in [5.74, 6) is -1.45. The molecule has 1 atom stereocenters. The molecule has 8 heteroatoms. The Hall–Kier alpha value is -4.69. The van der Waals surface area contributed by atoms with Crippen LogP contribution in [0, 0.1) is 12.7 Å². The zero-order valence-electron chi connectivity index (χ0n) is 22.0. The lowest BCUT2D eigenvalue weighted by atomic mass is 10.1. The monoisotopic (exact) mass is 553 g/mol. The third kappa shape index (κ3) is 8.15. The quantitative estimate of drug-likeness (QED) is 0.160. The Morgan fingerprint density at radius 1 is 0.775 bits per heavy atom. The van der Waals surface area contributed by atoms with Crippen LogP contribution >= 0.6 is 11.8 Å². The zero-order valence-corrected chi connectivity index (χ0v) is 22.8. The van der Waals surface area contributed by atoms with Gasteiger partial charge in [-0.25, -0.2) is 4.39 Å². The number of carbonyl (C=O) groups excluding carboxylic acids is 3. The summed E-state index contributed by atoms with van der Waals surface area (Å²) in [7, 11) is 0. The van der Waals surface area contributed by atoms with Crippen LogP contribution in [0.4, 0.5) is 15.8 Å². The number of carbonyl (C=O) groups is 3. The van der Waals surface area contributed by atoms with Crippen molar-refractivity contribution < 1.29 is 18.8 Å². The van der Waals surface area contributed by atoms with Crippen molar-refractivity contribution in [1.82, 2.24) is 5.32 Å². The Morgan fingerprint density at radius 2 is 1.38 bits per heavy atom. The van der Waals surface area contributed by atoms with Crippen LogP contribution in [0.2, 0.25) is 0 Å². The van der Waals surface area contributed by atoms with E-state index in [1.54, 1.807) is 61.5 Å². The fourth-order valence-electron chi connectivity index (χ4n) is 3.62. The number of halogens is 1. The third-order valence-corrected chi connectivity index (χ3v) is 6.94. The minimum atomic E-state index is -0.475. The van der Waals surface area contributed by atoms with Gasteiger partial charge in [-0.2, -0.15) is 0 Å². The van der Waals surface area contributed by atoms with Gasteiger partial charge in [-0.3, -0.25) is 14.4 Å². The standard InChI is InChI=1S/C32H28FN3O3S/c1-21-8-10-23(11-9-21)20-29(36-31(38)24-6-4-3-5-7-24)32(39)35-27-16-18-28(19-17-27)40-22(2)30(37)34-26-14-12-25(33)13-15-26/h3-20,22H,1-2H3,(H,34,37)(H,35,39)(H,36,38)/b29-20-. The van der Waals surface area contributed by atoms with Crippen molar-refractivity contribution in [2.45, 2.75) is 24.0 Å². The molecule has 4 aromatic rings. The van der Waals surface area contributed by atoms with Crippen LogP contribution in [-0.4, -0.2) is 23.0 Å². The van der Waals surface area contributed by atoms with E-state index in [4.69, 9.17) is 0 Å². The van der Waals surface area contributed by atoms with Crippen molar-refractivity contribution in [2.24, 2.45) is 0 Å². The number of rotatable bonds is 9. The van der Waals surface area contributed by atoms with Gasteiger partial charge in [0.15, 0.2) is 0 Å². The lowest BCUT2D eigenvalue weighted by Crippen LogP contribution is -2.30. The molecule has 4 rings (SSSR count). The van der Waals surface area contributed by atoms with Gasteiger partial charge in [0.05, 0.1) is 5.25 Å². The second-order valence-electron chi connectivity index (χ2n) is 9.02. The van der Waals surface area contributed by atoms with Crippen molar-refractivity contribution in [1.29, 1.82) is 0 Å². The first-order chi connectivity index (χ1) is 19.3. The van der Waals surface area contributed by atoms with E-state index in [0.717, 1.165) is 16.0 Å². The van der Waals surface area contributed by atoms with Crippen molar-refractivity contribution in [3.8, 4) is 0 Å². The first kappa shape index (κ1) is 28.3. The summed E-state index contributed by atoms with van der Waals surface area (Å²) in [5, 5.41) is 7.91. The van der Waals surface area contributed by atoms with Gasteiger partial charge in [-0.1, -0.05) is 48.0 Å². The highest BCUT2D eigenvalue weighted by atomic mass is 32.2. The maximum atomic E-state index is 13.2. The molecule has 0 aliphatic carbocycles. The molecular formula is C32H28FN3O3S. The predicted octanol–water partition coefficient (Wildman–Crippen LogP) is 6.66. The minimum absolute atomic E-state index is 0.0993. The first-order valence-electron chi connectivity index (χ1n) is 12.6. The molecule has 0 bridgehead atoms. The Bertz CT molecular complexity index is 1500. The SMILES string of the molecule is Cc1ccc(/C=C(\NC(=O)c2ccccc2)C(=O)Nc2ccc(SC(C)C(=O)Nc3ccc(F)cc3)cc2)cc1. The second kappa shape index (κ2) is 13.4. The smallest absolute Gasteiger partial charge is 0.272 e. The number of nitrogens with one attached hydrogen (secondary N) is 3. The molecule has 4 aromatic carbocycles. The average Bonchev–Trinajstić information content (AvgIpc) is 2.96. The largest absolute Gasteiger partial charge is 0.325 e. The average molecular weight is 554 g/mol. The Labute approximate surface area is 236 Å². The normalized spacial score (nSPS) is 11.8. The van der Waals surface area contributed by atoms with Crippen molar-refractivity contribution in [3.63, 3.8) is 0 Å². The van der Waals surface area contributed by atoms with E-state index in [9.17, 15) is 18.8 Å².